The van der Waals surface area contributed by atoms with Crippen LogP contribution in [0.1, 0.15) is 35.8 Å². The van der Waals surface area contributed by atoms with Crippen molar-refractivity contribution in [1.29, 1.82) is 0 Å². The van der Waals surface area contributed by atoms with E-state index in [0.717, 1.165) is 25.9 Å². The molecule has 1 fully saturated rings. The van der Waals surface area contributed by atoms with Gasteiger partial charge in [-0.05, 0) is 31.9 Å². The van der Waals surface area contributed by atoms with E-state index in [1.54, 1.807) is 31.3 Å². The lowest BCUT2D eigenvalue weighted by atomic mass is 10.1. The highest BCUT2D eigenvalue weighted by Gasteiger charge is 2.18. The first-order chi connectivity index (χ1) is 14.4. The molecule has 3 N–H and O–H groups in total. The molecule has 1 aliphatic rings. The Morgan fingerprint density at radius 2 is 2.00 bits per heavy atom. The van der Waals surface area contributed by atoms with Crippen LogP contribution in [0.4, 0.5) is 5.82 Å². The van der Waals surface area contributed by atoms with E-state index < -0.39 is 17.9 Å². The van der Waals surface area contributed by atoms with Crippen LogP contribution in [-0.2, 0) is 4.79 Å². The van der Waals surface area contributed by atoms with E-state index in [4.69, 9.17) is 5.73 Å². The van der Waals surface area contributed by atoms with Gasteiger partial charge in [0.1, 0.15) is 11.5 Å². The SMILES string of the molecule is CCN(C)C(=O)C(O)C#Cc1cccc(-c2nc(C(N)=O)cc(N3CCCC3)n2)c1. The third-order valence-corrected chi connectivity index (χ3v) is 4.95. The van der Waals surface area contributed by atoms with Gasteiger partial charge in [0.25, 0.3) is 11.8 Å². The van der Waals surface area contributed by atoms with Gasteiger partial charge in [-0.2, -0.15) is 0 Å². The van der Waals surface area contributed by atoms with Crippen molar-refractivity contribution in [2.45, 2.75) is 25.9 Å². The highest BCUT2D eigenvalue weighted by Crippen LogP contribution is 2.23. The number of likely N-dealkylation sites (N-methyl/N-ethyl adjacent to an activating group) is 1. The van der Waals surface area contributed by atoms with Crippen molar-refractivity contribution >= 4 is 17.6 Å². The molecule has 1 aliphatic heterocycles. The van der Waals surface area contributed by atoms with Crippen molar-refractivity contribution in [3.63, 3.8) is 0 Å². The van der Waals surface area contributed by atoms with Crippen molar-refractivity contribution in [2.24, 2.45) is 5.73 Å². The van der Waals surface area contributed by atoms with Gasteiger partial charge in [-0.3, -0.25) is 9.59 Å². The number of benzene rings is 1. The van der Waals surface area contributed by atoms with Crippen LogP contribution in [0.25, 0.3) is 11.4 Å². The topological polar surface area (TPSA) is 113 Å². The number of carbonyl (C=O) groups is 2. The number of aliphatic hydroxyl groups excluding tert-OH is 1. The average molecular weight is 407 g/mol. The second kappa shape index (κ2) is 9.37. The van der Waals surface area contributed by atoms with Crippen molar-refractivity contribution in [3.05, 3.63) is 41.6 Å². The monoisotopic (exact) mass is 407 g/mol. The number of amides is 2. The van der Waals surface area contributed by atoms with Crippen LogP contribution >= 0.6 is 0 Å². The van der Waals surface area contributed by atoms with Crippen molar-refractivity contribution < 1.29 is 14.7 Å². The van der Waals surface area contributed by atoms with E-state index >= 15 is 0 Å². The maximum absolute atomic E-state index is 12.0. The van der Waals surface area contributed by atoms with Crippen LogP contribution in [0.15, 0.2) is 30.3 Å². The Hall–Kier alpha value is -3.44. The second-order valence-corrected chi connectivity index (χ2v) is 7.10. The Balaban J connectivity index is 1.91. The third-order valence-electron chi connectivity index (χ3n) is 4.95. The Labute approximate surface area is 175 Å². The predicted molar refractivity (Wildman–Crippen MR) is 114 cm³/mol. The van der Waals surface area contributed by atoms with Crippen molar-refractivity contribution in [3.8, 4) is 23.2 Å². The molecule has 2 heterocycles. The molecule has 1 aromatic carbocycles. The van der Waals surface area contributed by atoms with Crippen molar-refractivity contribution in [1.82, 2.24) is 14.9 Å². The molecular weight excluding hydrogens is 382 g/mol. The minimum atomic E-state index is -1.39. The van der Waals surface area contributed by atoms with Gasteiger partial charge in [0.05, 0.1) is 0 Å². The van der Waals surface area contributed by atoms with Gasteiger partial charge in [-0.25, -0.2) is 9.97 Å². The molecule has 156 valence electrons. The maximum atomic E-state index is 12.0. The van der Waals surface area contributed by atoms with Crippen LogP contribution in [0.2, 0.25) is 0 Å². The van der Waals surface area contributed by atoms with Gasteiger partial charge < -0.3 is 20.6 Å². The first-order valence-electron chi connectivity index (χ1n) is 9.88. The number of carbonyl (C=O) groups excluding carboxylic acids is 2. The highest BCUT2D eigenvalue weighted by molar-refractivity contribution is 5.92. The number of hydrogen-bond donors (Lipinski definition) is 2. The lowest BCUT2D eigenvalue weighted by molar-refractivity contribution is -0.135. The zero-order valence-corrected chi connectivity index (χ0v) is 17.1. The summed E-state index contributed by atoms with van der Waals surface area (Å²) in [4.78, 5) is 36.1. The van der Waals surface area contributed by atoms with Crippen molar-refractivity contribution in [2.75, 3.05) is 31.6 Å². The third kappa shape index (κ3) is 4.93. The van der Waals surface area contributed by atoms with E-state index in [1.807, 2.05) is 13.0 Å². The maximum Gasteiger partial charge on any atom is 0.267 e. The van der Waals surface area contributed by atoms with E-state index in [-0.39, 0.29) is 5.69 Å². The average Bonchev–Trinajstić information content (AvgIpc) is 3.31. The summed E-state index contributed by atoms with van der Waals surface area (Å²) in [6, 6.07) is 8.72. The molecule has 8 nitrogen and oxygen atoms in total. The van der Waals surface area contributed by atoms with Gasteiger partial charge in [0, 0.05) is 43.9 Å². The number of aliphatic hydroxyl groups is 1. The molecule has 0 spiro atoms. The number of hydrogen-bond acceptors (Lipinski definition) is 6. The fourth-order valence-electron chi connectivity index (χ4n) is 3.11. The summed E-state index contributed by atoms with van der Waals surface area (Å²) in [5.41, 5.74) is 6.88. The minimum absolute atomic E-state index is 0.155. The minimum Gasteiger partial charge on any atom is -0.372 e. The first-order valence-corrected chi connectivity index (χ1v) is 9.88. The summed E-state index contributed by atoms with van der Waals surface area (Å²) >= 11 is 0. The standard InChI is InChI=1S/C22H25N5O3/c1-3-26(2)22(30)18(28)10-9-15-7-6-8-16(13-15)21-24-17(20(23)29)14-19(25-21)27-11-4-5-12-27/h6-8,13-14,18,28H,3-5,11-12H2,1-2H3,(H2,23,29). The fraction of sp³-hybridized carbons (Fsp3) is 0.364. The number of rotatable bonds is 5. The van der Waals surface area contributed by atoms with Gasteiger partial charge in [0.15, 0.2) is 11.9 Å². The van der Waals surface area contributed by atoms with Gasteiger partial charge >= 0.3 is 0 Å². The molecular formula is C22H25N5O3. The van der Waals surface area contributed by atoms with Gasteiger partial charge in [-0.15, -0.1) is 0 Å². The number of nitrogens with zero attached hydrogens (tertiary/aromatic N) is 4. The molecule has 30 heavy (non-hydrogen) atoms. The summed E-state index contributed by atoms with van der Waals surface area (Å²) < 4.78 is 0. The summed E-state index contributed by atoms with van der Waals surface area (Å²) in [6.45, 7) is 4.05. The predicted octanol–water partition coefficient (Wildman–Crippen LogP) is 1.03. The van der Waals surface area contributed by atoms with Crippen LogP contribution in [-0.4, -0.2) is 64.6 Å². The highest BCUT2D eigenvalue weighted by atomic mass is 16.3. The molecule has 2 aromatic rings. The normalized spacial score (nSPS) is 14.0. The zero-order valence-electron chi connectivity index (χ0n) is 17.1. The summed E-state index contributed by atoms with van der Waals surface area (Å²) in [5, 5.41) is 9.98. The van der Waals surface area contributed by atoms with Crippen LogP contribution in [0.3, 0.4) is 0 Å². The summed E-state index contributed by atoms with van der Waals surface area (Å²) in [5.74, 6) is 5.37. The Kier molecular flexibility index (Phi) is 6.65. The van der Waals surface area contributed by atoms with E-state index in [1.165, 1.54) is 4.90 Å². The lowest BCUT2D eigenvalue weighted by Gasteiger charge is -2.17. The molecule has 0 aliphatic carbocycles. The fourth-order valence-corrected chi connectivity index (χ4v) is 3.11. The molecule has 0 saturated carbocycles. The van der Waals surface area contributed by atoms with Gasteiger partial charge in [0.2, 0.25) is 0 Å². The second-order valence-electron chi connectivity index (χ2n) is 7.10. The largest absolute Gasteiger partial charge is 0.372 e. The summed E-state index contributed by atoms with van der Waals surface area (Å²) in [6.07, 6.45) is 0.754. The smallest absolute Gasteiger partial charge is 0.267 e. The molecule has 2 amide bonds. The molecule has 1 atom stereocenters. The Bertz CT molecular complexity index is 1010. The van der Waals surface area contributed by atoms with E-state index in [9.17, 15) is 14.7 Å². The van der Waals surface area contributed by atoms with Gasteiger partial charge in [-0.1, -0.05) is 24.0 Å². The number of aromatic nitrogens is 2. The van der Waals surface area contributed by atoms with Crippen LogP contribution in [0.5, 0.6) is 0 Å². The van der Waals surface area contributed by atoms with Crippen LogP contribution < -0.4 is 10.6 Å². The molecule has 3 rings (SSSR count). The zero-order chi connectivity index (χ0) is 21.7. The first kappa shape index (κ1) is 21.3. The molecule has 1 aromatic heterocycles. The molecule has 0 radical (unpaired) electrons. The molecule has 8 heteroatoms. The molecule has 0 bridgehead atoms. The number of anilines is 1. The van der Waals surface area contributed by atoms with Crippen LogP contribution in [0, 0.1) is 11.8 Å². The van der Waals surface area contributed by atoms with E-state index in [2.05, 4.69) is 26.7 Å². The number of nitrogens with two attached hydrogens (primary N) is 1. The Morgan fingerprint density at radius 3 is 2.67 bits per heavy atom. The molecule has 1 unspecified atom stereocenters. The quantitative estimate of drug-likeness (QED) is 0.716. The molecule has 1 saturated heterocycles. The van der Waals surface area contributed by atoms with E-state index in [0.29, 0.717) is 29.3 Å². The lowest BCUT2D eigenvalue weighted by Crippen LogP contribution is -2.35. The summed E-state index contributed by atoms with van der Waals surface area (Å²) in [7, 11) is 1.61. The Morgan fingerprint density at radius 1 is 1.27 bits per heavy atom. The number of primary amides is 1.